The first-order valence-corrected chi connectivity index (χ1v) is 8.84. The fourth-order valence-corrected chi connectivity index (χ4v) is 3.35. The van der Waals surface area contributed by atoms with Crippen molar-refractivity contribution in [3.63, 3.8) is 0 Å². The number of nitrogens with one attached hydrogen (secondary N) is 1. The van der Waals surface area contributed by atoms with Gasteiger partial charge in [0, 0.05) is 17.8 Å². The molecule has 1 aliphatic rings. The normalized spacial score (nSPS) is 19.7. The second-order valence-corrected chi connectivity index (χ2v) is 7.14. The van der Waals surface area contributed by atoms with Crippen molar-refractivity contribution < 1.29 is 14.0 Å². The Morgan fingerprint density at radius 3 is 2.60 bits per heavy atom. The van der Waals surface area contributed by atoms with Gasteiger partial charge in [-0.2, -0.15) is 0 Å². The molecule has 1 saturated heterocycles. The van der Waals surface area contributed by atoms with Crippen LogP contribution in [0.15, 0.2) is 53.0 Å². The Morgan fingerprint density at radius 2 is 1.92 bits per heavy atom. The number of nitrogens with zero attached hydrogens (tertiary/aromatic N) is 1. The van der Waals surface area contributed by atoms with Crippen LogP contribution in [-0.2, 0) is 4.79 Å². The Bertz CT molecular complexity index is 812. The van der Waals surface area contributed by atoms with E-state index in [-0.39, 0.29) is 11.8 Å². The third kappa shape index (κ3) is 3.44. The van der Waals surface area contributed by atoms with E-state index in [4.69, 9.17) is 0 Å². The van der Waals surface area contributed by atoms with Gasteiger partial charge in [-0.05, 0) is 66.0 Å². The fraction of sp³-hybridized carbons (Fsp3) is 0.263. The first-order valence-electron chi connectivity index (χ1n) is 8.05. The van der Waals surface area contributed by atoms with Crippen LogP contribution in [0.5, 0.6) is 0 Å². The molecular formula is C19H18BrFN2O2. The summed E-state index contributed by atoms with van der Waals surface area (Å²) in [5, 5.41) is 2.74. The van der Waals surface area contributed by atoms with Crippen molar-refractivity contribution in [2.75, 3.05) is 11.9 Å². The van der Waals surface area contributed by atoms with E-state index in [1.165, 1.54) is 12.1 Å². The number of rotatable bonds is 3. The number of hydrogen-bond donors (Lipinski definition) is 1. The summed E-state index contributed by atoms with van der Waals surface area (Å²) in [7, 11) is 0. The molecule has 0 saturated carbocycles. The summed E-state index contributed by atoms with van der Waals surface area (Å²) in [6, 6.07) is 13.3. The lowest BCUT2D eigenvalue weighted by Crippen LogP contribution is -2.53. The van der Waals surface area contributed by atoms with E-state index < -0.39 is 11.4 Å². The third-order valence-electron chi connectivity index (χ3n) is 4.57. The van der Waals surface area contributed by atoms with Gasteiger partial charge in [0.25, 0.3) is 5.91 Å². The molecule has 25 heavy (non-hydrogen) atoms. The molecule has 6 heteroatoms. The molecule has 0 radical (unpaired) electrons. The molecule has 0 spiro atoms. The molecular weight excluding hydrogens is 387 g/mol. The Labute approximate surface area is 154 Å². The van der Waals surface area contributed by atoms with Crippen molar-refractivity contribution in [3.8, 4) is 0 Å². The predicted molar refractivity (Wildman–Crippen MR) is 97.8 cm³/mol. The molecule has 0 aromatic heterocycles. The smallest absolute Gasteiger partial charge is 0.254 e. The van der Waals surface area contributed by atoms with E-state index in [1.807, 2.05) is 6.07 Å². The molecule has 2 aromatic carbocycles. The summed E-state index contributed by atoms with van der Waals surface area (Å²) >= 11 is 3.09. The summed E-state index contributed by atoms with van der Waals surface area (Å²) in [4.78, 5) is 27.2. The van der Waals surface area contributed by atoms with Gasteiger partial charge >= 0.3 is 0 Å². The molecule has 1 aliphatic heterocycles. The SMILES string of the molecule is CC1(C(=O)Nc2ccc(Br)c(F)c2)CCCN1C(=O)c1ccccc1. The highest BCUT2D eigenvalue weighted by molar-refractivity contribution is 9.10. The number of carbonyl (C=O) groups excluding carboxylic acids is 2. The maximum Gasteiger partial charge on any atom is 0.254 e. The highest BCUT2D eigenvalue weighted by atomic mass is 79.9. The number of likely N-dealkylation sites (tertiary alicyclic amines) is 1. The average Bonchev–Trinajstić information content (AvgIpc) is 3.01. The standard InChI is InChI=1S/C19H18BrFN2O2/c1-19(18(25)22-14-8-9-15(20)16(21)12-14)10-5-11-23(19)17(24)13-6-3-2-4-7-13/h2-4,6-9,12H,5,10-11H2,1H3,(H,22,25). The first-order chi connectivity index (χ1) is 11.9. The van der Waals surface area contributed by atoms with E-state index in [1.54, 1.807) is 42.2 Å². The predicted octanol–water partition coefficient (Wildman–Crippen LogP) is 4.22. The van der Waals surface area contributed by atoms with Crippen LogP contribution in [0, 0.1) is 5.82 Å². The zero-order chi connectivity index (χ0) is 18.0. The van der Waals surface area contributed by atoms with Crippen LogP contribution >= 0.6 is 15.9 Å². The lowest BCUT2D eigenvalue weighted by Gasteiger charge is -2.34. The molecule has 130 valence electrons. The van der Waals surface area contributed by atoms with Gasteiger partial charge in [0.1, 0.15) is 11.4 Å². The molecule has 3 rings (SSSR count). The Morgan fingerprint density at radius 1 is 1.20 bits per heavy atom. The molecule has 1 heterocycles. The molecule has 1 fully saturated rings. The van der Waals surface area contributed by atoms with Crippen LogP contribution in [0.1, 0.15) is 30.1 Å². The van der Waals surface area contributed by atoms with Gasteiger partial charge in [0.2, 0.25) is 5.91 Å². The zero-order valence-corrected chi connectivity index (χ0v) is 15.3. The van der Waals surface area contributed by atoms with Crippen LogP contribution in [0.3, 0.4) is 0 Å². The number of halogens is 2. The lowest BCUT2D eigenvalue weighted by molar-refractivity contribution is -0.124. The van der Waals surface area contributed by atoms with Gasteiger partial charge in [-0.15, -0.1) is 0 Å². The van der Waals surface area contributed by atoms with Crippen LogP contribution in [0.2, 0.25) is 0 Å². The third-order valence-corrected chi connectivity index (χ3v) is 5.22. The second-order valence-electron chi connectivity index (χ2n) is 6.28. The Balaban J connectivity index is 1.82. The van der Waals surface area contributed by atoms with Crippen molar-refractivity contribution >= 4 is 33.4 Å². The van der Waals surface area contributed by atoms with Crippen molar-refractivity contribution in [2.45, 2.75) is 25.3 Å². The minimum absolute atomic E-state index is 0.169. The fourth-order valence-electron chi connectivity index (χ4n) is 3.10. The molecule has 1 atom stereocenters. The van der Waals surface area contributed by atoms with Gasteiger partial charge in [-0.1, -0.05) is 18.2 Å². The van der Waals surface area contributed by atoms with Crippen LogP contribution in [0.25, 0.3) is 0 Å². The van der Waals surface area contributed by atoms with Gasteiger partial charge in [0.05, 0.1) is 4.47 Å². The summed E-state index contributed by atoms with van der Waals surface area (Å²) in [5.41, 5.74) is -0.0414. The van der Waals surface area contributed by atoms with Crippen molar-refractivity contribution in [2.24, 2.45) is 0 Å². The highest BCUT2D eigenvalue weighted by Crippen LogP contribution is 2.32. The molecule has 4 nitrogen and oxygen atoms in total. The van der Waals surface area contributed by atoms with E-state index >= 15 is 0 Å². The number of anilines is 1. The van der Waals surface area contributed by atoms with Crippen molar-refractivity contribution in [3.05, 3.63) is 64.4 Å². The van der Waals surface area contributed by atoms with Gasteiger partial charge < -0.3 is 10.2 Å². The molecule has 2 aromatic rings. The van der Waals surface area contributed by atoms with Crippen LogP contribution in [0.4, 0.5) is 10.1 Å². The number of benzene rings is 2. The first kappa shape index (κ1) is 17.6. The van der Waals surface area contributed by atoms with Gasteiger partial charge in [-0.3, -0.25) is 9.59 Å². The topological polar surface area (TPSA) is 49.4 Å². The minimum atomic E-state index is -0.962. The van der Waals surface area contributed by atoms with Crippen molar-refractivity contribution in [1.29, 1.82) is 0 Å². The van der Waals surface area contributed by atoms with Gasteiger partial charge in [-0.25, -0.2) is 4.39 Å². The number of hydrogen-bond acceptors (Lipinski definition) is 2. The van der Waals surface area contributed by atoms with E-state index in [0.29, 0.717) is 28.7 Å². The minimum Gasteiger partial charge on any atom is -0.324 e. The summed E-state index contributed by atoms with van der Waals surface area (Å²) in [6.45, 7) is 2.28. The van der Waals surface area contributed by atoms with Crippen LogP contribution < -0.4 is 5.32 Å². The van der Waals surface area contributed by atoms with E-state index in [2.05, 4.69) is 21.2 Å². The summed E-state index contributed by atoms with van der Waals surface area (Å²) in [6.07, 6.45) is 1.31. The highest BCUT2D eigenvalue weighted by Gasteiger charge is 2.45. The molecule has 2 amide bonds. The maximum atomic E-state index is 13.7. The number of carbonyl (C=O) groups is 2. The van der Waals surface area contributed by atoms with Crippen LogP contribution in [-0.4, -0.2) is 28.8 Å². The van der Waals surface area contributed by atoms with E-state index in [9.17, 15) is 14.0 Å². The number of amides is 2. The monoisotopic (exact) mass is 404 g/mol. The largest absolute Gasteiger partial charge is 0.324 e. The molecule has 1 unspecified atom stereocenters. The zero-order valence-electron chi connectivity index (χ0n) is 13.8. The summed E-state index contributed by atoms with van der Waals surface area (Å²) in [5.74, 6) is -0.930. The molecule has 0 aliphatic carbocycles. The average molecular weight is 405 g/mol. The van der Waals surface area contributed by atoms with E-state index in [0.717, 1.165) is 6.42 Å². The Hall–Kier alpha value is -2.21. The molecule has 1 N–H and O–H groups in total. The van der Waals surface area contributed by atoms with Gasteiger partial charge in [0.15, 0.2) is 0 Å². The molecule has 0 bridgehead atoms. The summed E-state index contributed by atoms with van der Waals surface area (Å²) < 4.78 is 14.0. The second kappa shape index (κ2) is 6.96. The Kier molecular flexibility index (Phi) is 4.90. The lowest BCUT2D eigenvalue weighted by atomic mass is 9.96. The van der Waals surface area contributed by atoms with Crippen molar-refractivity contribution in [1.82, 2.24) is 4.90 Å². The quantitative estimate of drug-likeness (QED) is 0.832. The maximum absolute atomic E-state index is 13.7.